The highest BCUT2D eigenvalue weighted by Crippen LogP contribution is 2.10. The summed E-state index contributed by atoms with van der Waals surface area (Å²) >= 11 is 0. The highest BCUT2D eigenvalue weighted by Gasteiger charge is 2.23. The van der Waals surface area contributed by atoms with Crippen LogP contribution >= 0.6 is 17.0 Å². The van der Waals surface area contributed by atoms with Crippen molar-refractivity contribution < 1.29 is 14.2 Å². The van der Waals surface area contributed by atoms with Crippen LogP contribution in [0.2, 0.25) is 0 Å². The number of nitrogens with one attached hydrogen (secondary N) is 1. The van der Waals surface area contributed by atoms with E-state index in [2.05, 4.69) is 32.0 Å². The van der Waals surface area contributed by atoms with E-state index in [9.17, 15) is 0 Å². The van der Waals surface area contributed by atoms with Crippen molar-refractivity contribution in [1.82, 2.24) is 20.2 Å². The Morgan fingerprint density at radius 2 is 2.04 bits per heavy atom. The van der Waals surface area contributed by atoms with Crippen LogP contribution in [0.25, 0.3) is 0 Å². The second-order valence-corrected chi connectivity index (χ2v) is 6.76. The van der Waals surface area contributed by atoms with Crippen LogP contribution in [-0.4, -0.2) is 99.2 Å². The van der Waals surface area contributed by atoms with Gasteiger partial charge >= 0.3 is 0 Å². The molecule has 0 radical (unpaired) electrons. The summed E-state index contributed by atoms with van der Waals surface area (Å²) in [6.07, 6.45) is 3.58. The first-order valence-electron chi connectivity index (χ1n) is 9.52. The molecule has 2 aliphatic rings. The van der Waals surface area contributed by atoms with Gasteiger partial charge in [-0.2, -0.15) is 0 Å². The molecule has 1 N–H and O–H groups in total. The van der Waals surface area contributed by atoms with Gasteiger partial charge in [0.1, 0.15) is 6.10 Å². The summed E-state index contributed by atoms with van der Waals surface area (Å²) in [7, 11) is 1.71. The van der Waals surface area contributed by atoms with E-state index in [1.807, 2.05) is 6.07 Å². The number of piperazine rings is 1. The number of ether oxygens (including phenoxy) is 3. The number of methoxy groups -OCH3 is 1. The summed E-state index contributed by atoms with van der Waals surface area (Å²) in [5.41, 5.74) is 0. The molecule has 158 valence electrons. The molecule has 2 saturated heterocycles. The van der Waals surface area contributed by atoms with Gasteiger partial charge in [0.15, 0.2) is 5.96 Å². The molecule has 0 spiro atoms. The average molecular weight is 459 g/mol. The van der Waals surface area contributed by atoms with Gasteiger partial charge in [-0.15, -0.1) is 17.0 Å². The molecule has 0 aliphatic carbocycles. The SMILES string of the molecule is Br.COCC(C)NC(=NCC1COCCO1)N1CCN(c2ncccn2)CC1. The maximum Gasteiger partial charge on any atom is 0.225 e. The summed E-state index contributed by atoms with van der Waals surface area (Å²) in [4.78, 5) is 18.0. The fourth-order valence-electron chi connectivity index (χ4n) is 3.15. The van der Waals surface area contributed by atoms with Crippen LogP contribution in [0.15, 0.2) is 23.5 Å². The molecular formula is C18H31BrN6O3. The van der Waals surface area contributed by atoms with Crippen molar-refractivity contribution >= 4 is 28.9 Å². The van der Waals surface area contributed by atoms with E-state index in [0.717, 1.165) is 38.1 Å². The summed E-state index contributed by atoms with van der Waals surface area (Å²) in [6.45, 7) is 8.62. The van der Waals surface area contributed by atoms with Gasteiger partial charge in [-0.3, -0.25) is 4.99 Å². The molecule has 2 fully saturated rings. The lowest BCUT2D eigenvalue weighted by molar-refractivity contribution is -0.0833. The minimum Gasteiger partial charge on any atom is -0.383 e. The number of hydrogen-bond acceptors (Lipinski definition) is 7. The molecule has 2 aliphatic heterocycles. The van der Waals surface area contributed by atoms with Crippen molar-refractivity contribution in [2.75, 3.05) is 71.2 Å². The van der Waals surface area contributed by atoms with Crippen LogP contribution in [0.3, 0.4) is 0 Å². The molecule has 2 unspecified atom stereocenters. The molecular weight excluding hydrogens is 428 g/mol. The maximum atomic E-state index is 5.72. The standard InChI is InChI=1S/C18H30N6O3.BrH/c1-15(13-25-2)22-18(21-12-16-14-26-10-11-27-16)24-8-6-23(7-9-24)17-19-4-3-5-20-17;/h3-5,15-16H,6-14H2,1-2H3,(H,21,22);1H. The fourth-order valence-corrected chi connectivity index (χ4v) is 3.15. The minimum atomic E-state index is 0. The van der Waals surface area contributed by atoms with Crippen LogP contribution in [0, 0.1) is 0 Å². The van der Waals surface area contributed by atoms with Gasteiger partial charge in [0.2, 0.25) is 5.95 Å². The van der Waals surface area contributed by atoms with E-state index in [-0.39, 0.29) is 29.1 Å². The average Bonchev–Trinajstić information content (AvgIpc) is 2.73. The fraction of sp³-hybridized carbons (Fsp3) is 0.722. The molecule has 28 heavy (non-hydrogen) atoms. The minimum absolute atomic E-state index is 0. The second kappa shape index (κ2) is 12.2. The molecule has 9 nitrogen and oxygen atoms in total. The van der Waals surface area contributed by atoms with Crippen LogP contribution in [0.5, 0.6) is 0 Å². The zero-order valence-corrected chi connectivity index (χ0v) is 18.3. The van der Waals surface area contributed by atoms with Crippen molar-refractivity contribution in [1.29, 1.82) is 0 Å². The number of hydrogen-bond donors (Lipinski definition) is 1. The smallest absolute Gasteiger partial charge is 0.225 e. The van der Waals surface area contributed by atoms with Crippen LogP contribution in [0.4, 0.5) is 5.95 Å². The van der Waals surface area contributed by atoms with Gasteiger partial charge in [0, 0.05) is 51.7 Å². The second-order valence-electron chi connectivity index (χ2n) is 6.76. The number of aliphatic imine (C=N–C) groups is 1. The molecule has 0 amide bonds. The van der Waals surface area contributed by atoms with Gasteiger partial charge in [-0.1, -0.05) is 0 Å². The Morgan fingerprint density at radius 3 is 2.68 bits per heavy atom. The summed E-state index contributed by atoms with van der Waals surface area (Å²) in [5.74, 6) is 1.67. The molecule has 1 aromatic rings. The van der Waals surface area contributed by atoms with Crippen LogP contribution < -0.4 is 10.2 Å². The van der Waals surface area contributed by atoms with E-state index in [4.69, 9.17) is 19.2 Å². The van der Waals surface area contributed by atoms with Crippen LogP contribution in [0.1, 0.15) is 6.92 Å². The molecule has 10 heteroatoms. The van der Waals surface area contributed by atoms with E-state index in [1.165, 1.54) is 0 Å². The van der Waals surface area contributed by atoms with Gasteiger partial charge in [0.25, 0.3) is 0 Å². The summed E-state index contributed by atoms with van der Waals surface area (Å²) < 4.78 is 16.4. The Morgan fingerprint density at radius 1 is 1.29 bits per heavy atom. The number of nitrogens with zero attached hydrogens (tertiary/aromatic N) is 5. The lowest BCUT2D eigenvalue weighted by Crippen LogP contribution is -2.55. The first-order valence-corrected chi connectivity index (χ1v) is 9.52. The highest BCUT2D eigenvalue weighted by atomic mass is 79.9. The molecule has 2 atom stereocenters. The summed E-state index contributed by atoms with van der Waals surface area (Å²) in [5, 5.41) is 3.49. The first-order chi connectivity index (χ1) is 13.3. The lowest BCUT2D eigenvalue weighted by atomic mass is 10.3. The van der Waals surface area contributed by atoms with Crippen molar-refractivity contribution in [2.24, 2.45) is 4.99 Å². The monoisotopic (exact) mass is 458 g/mol. The third-order valence-electron chi connectivity index (χ3n) is 4.54. The topological polar surface area (TPSA) is 84.3 Å². The molecule has 3 rings (SSSR count). The van der Waals surface area contributed by atoms with E-state index in [1.54, 1.807) is 19.5 Å². The van der Waals surface area contributed by atoms with E-state index >= 15 is 0 Å². The van der Waals surface area contributed by atoms with Gasteiger partial charge in [-0.25, -0.2) is 9.97 Å². The number of rotatable bonds is 6. The zero-order chi connectivity index (χ0) is 18.9. The number of guanidine groups is 1. The Hall–Kier alpha value is -1.49. The molecule has 1 aromatic heterocycles. The van der Waals surface area contributed by atoms with Crippen molar-refractivity contribution in [3.05, 3.63) is 18.5 Å². The predicted molar refractivity (Wildman–Crippen MR) is 113 cm³/mol. The Balaban J connectivity index is 0.00000280. The Labute approximate surface area is 177 Å². The molecule has 0 bridgehead atoms. The third kappa shape index (κ3) is 6.84. The number of halogens is 1. The molecule has 0 saturated carbocycles. The van der Waals surface area contributed by atoms with Crippen molar-refractivity contribution in [3.8, 4) is 0 Å². The zero-order valence-electron chi connectivity index (χ0n) is 16.6. The number of aromatic nitrogens is 2. The third-order valence-corrected chi connectivity index (χ3v) is 4.54. The Bertz CT molecular complexity index is 580. The van der Waals surface area contributed by atoms with E-state index in [0.29, 0.717) is 33.0 Å². The van der Waals surface area contributed by atoms with Crippen molar-refractivity contribution in [3.63, 3.8) is 0 Å². The van der Waals surface area contributed by atoms with E-state index < -0.39 is 0 Å². The highest BCUT2D eigenvalue weighted by molar-refractivity contribution is 8.93. The molecule has 3 heterocycles. The lowest BCUT2D eigenvalue weighted by Gasteiger charge is -2.37. The quantitative estimate of drug-likeness (QED) is 0.489. The summed E-state index contributed by atoms with van der Waals surface area (Å²) in [6, 6.07) is 2.01. The first kappa shape index (κ1) is 22.8. The van der Waals surface area contributed by atoms with Crippen LogP contribution in [-0.2, 0) is 14.2 Å². The predicted octanol–water partition coefficient (Wildman–Crippen LogP) is 0.572. The molecule has 0 aromatic carbocycles. The van der Waals surface area contributed by atoms with Crippen molar-refractivity contribution in [2.45, 2.75) is 19.1 Å². The van der Waals surface area contributed by atoms with Gasteiger partial charge in [-0.05, 0) is 13.0 Å². The maximum absolute atomic E-state index is 5.72. The number of anilines is 1. The normalized spacial score (nSPS) is 21.8. The largest absolute Gasteiger partial charge is 0.383 e. The van der Waals surface area contributed by atoms with Gasteiger partial charge < -0.3 is 29.3 Å². The van der Waals surface area contributed by atoms with Gasteiger partial charge in [0.05, 0.1) is 33.0 Å². The Kier molecular flexibility index (Phi) is 9.89.